The first-order valence-corrected chi connectivity index (χ1v) is 6.27. The van der Waals surface area contributed by atoms with Gasteiger partial charge in [0.15, 0.2) is 0 Å². The third-order valence-corrected chi connectivity index (χ3v) is 3.09. The van der Waals surface area contributed by atoms with Gasteiger partial charge in [0.05, 0.1) is 6.61 Å². The van der Waals surface area contributed by atoms with Crippen LogP contribution in [0.2, 0.25) is 0 Å². The molecule has 0 aliphatic rings. The molecule has 0 aliphatic carbocycles. The molecule has 0 saturated heterocycles. The number of benzene rings is 1. The second-order valence-electron chi connectivity index (χ2n) is 4.41. The van der Waals surface area contributed by atoms with E-state index in [0.717, 1.165) is 18.4 Å². The highest BCUT2D eigenvalue weighted by Gasteiger charge is 2.11. The summed E-state index contributed by atoms with van der Waals surface area (Å²) in [6, 6.07) is 8.53. The molecule has 96 valence electrons. The van der Waals surface area contributed by atoms with Gasteiger partial charge in [-0.15, -0.1) is 0 Å². The van der Waals surface area contributed by atoms with Crippen molar-refractivity contribution in [2.75, 3.05) is 6.61 Å². The van der Waals surface area contributed by atoms with E-state index in [9.17, 15) is 0 Å². The Morgan fingerprint density at radius 3 is 2.65 bits per heavy atom. The van der Waals surface area contributed by atoms with Crippen molar-refractivity contribution in [3.8, 4) is 0 Å². The fraction of sp³-hybridized carbons (Fsp3) is 0.571. The fourth-order valence-electron chi connectivity index (χ4n) is 1.97. The topological polar surface area (TPSA) is 52.5 Å². The molecule has 17 heavy (non-hydrogen) atoms. The second kappa shape index (κ2) is 7.43. The Morgan fingerprint density at radius 2 is 2.06 bits per heavy atom. The molecule has 0 saturated carbocycles. The molecular formula is C14H23NO2. The molecule has 1 rings (SSSR count). The predicted octanol–water partition coefficient (Wildman–Crippen LogP) is 1.99. The van der Waals surface area contributed by atoms with Crippen LogP contribution in [0.5, 0.6) is 0 Å². The molecule has 2 unspecified atom stereocenters. The molecule has 3 nitrogen and oxygen atoms in total. The van der Waals surface area contributed by atoms with Crippen molar-refractivity contribution in [1.29, 1.82) is 0 Å². The summed E-state index contributed by atoms with van der Waals surface area (Å²) in [6.45, 7) is 4.52. The SMILES string of the molecule is CCC(CCO)NC(C)c1cccc(CO)c1. The second-order valence-corrected chi connectivity index (χ2v) is 4.41. The molecule has 3 heteroatoms. The largest absolute Gasteiger partial charge is 0.396 e. The summed E-state index contributed by atoms with van der Waals surface area (Å²) in [4.78, 5) is 0. The summed E-state index contributed by atoms with van der Waals surface area (Å²) in [6.07, 6.45) is 1.78. The van der Waals surface area contributed by atoms with Gasteiger partial charge in [0.1, 0.15) is 0 Å². The van der Waals surface area contributed by atoms with Crippen molar-refractivity contribution < 1.29 is 10.2 Å². The molecule has 0 spiro atoms. The molecule has 0 aromatic heterocycles. The van der Waals surface area contributed by atoms with Gasteiger partial charge >= 0.3 is 0 Å². The smallest absolute Gasteiger partial charge is 0.0681 e. The molecule has 0 fully saturated rings. The number of rotatable bonds is 7. The van der Waals surface area contributed by atoms with Crippen LogP contribution in [-0.2, 0) is 6.61 Å². The van der Waals surface area contributed by atoms with E-state index in [1.165, 1.54) is 5.56 Å². The number of hydrogen-bond donors (Lipinski definition) is 3. The standard InChI is InChI=1S/C14H23NO2/c1-3-14(7-8-16)15-11(2)13-6-4-5-12(9-13)10-17/h4-6,9,11,14-17H,3,7-8,10H2,1-2H3. The Bertz CT molecular complexity index is 328. The minimum atomic E-state index is 0.0778. The van der Waals surface area contributed by atoms with Crippen LogP contribution >= 0.6 is 0 Å². The Hall–Kier alpha value is -0.900. The summed E-state index contributed by atoms with van der Waals surface area (Å²) >= 11 is 0. The maximum Gasteiger partial charge on any atom is 0.0681 e. The van der Waals surface area contributed by atoms with E-state index in [0.29, 0.717) is 6.04 Å². The quantitative estimate of drug-likeness (QED) is 0.680. The third-order valence-electron chi connectivity index (χ3n) is 3.09. The van der Waals surface area contributed by atoms with Crippen LogP contribution in [0.4, 0.5) is 0 Å². The zero-order valence-electron chi connectivity index (χ0n) is 10.7. The van der Waals surface area contributed by atoms with Crippen LogP contribution in [0.15, 0.2) is 24.3 Å². The van der Waals surface area contributed by atoms with E-state index in [2.05, 4.69) is 25.2 Å². The van der Waals surface area contributed by atoms with Crippen molar-refractivity contribution in [2.24, 2.45) is 0 Å². The van der Waals surface area contributed by atoms with Crippen molar-refractivity contribution in [3.63, 3.8) is 0 Å². The zero-order valence-corrected chi connectivity index (χ0v) is 10.7. The fourth-order valence-corrected chi connectivity index (χ4v) is 1.97. The first kappa shape index (κ1) is 14.2. The molecule has 0 bridgehead atoms. The lowest BCUT2D eigenvalue weighted by Crippen LogP contribution is -2.31. The average Bonchev–Trinajstić information content (AvgIpc) is 2.38. The predicted molar refractivity (Wildman–Crippen MR) is 69.7 cm³/mol. The summed E-state index contributed by atoms with van der Waals surface area (Å²) in [5.41, 5.74) is 2.11. The normalized spacial score (nSPS) is 14.6. The van der Waals surface area contributed by atoms with Crippen molar-refractivity contribution in [3.05, 3.63) is 35.4 Å². The van der Waals surface area contributed by atoms with Crippen LogP contribution in [0.1, 0.15) is 43.9 Å². The number of aliphatic hydroxyl groups excluding tert-OH is 2. The van der Waals surface area contributed by atoms with Gasteiger partial charge in [-0.2, -0.15) is 0 Å². The van der Waals surface area contributed by atoms with Crippen molar-refractivity contribution >= 4 is 0 Å². The van der Waals surface area contributed by atoms with Gasteiger partial charge in [0, 0.05) is 18.7 Å². The first-order chi connectivity index (χ1) is 8.21. The lowest BCUT2D eigenvalue weighted by atomic mass is 10.0. The Kier molecular flexibility index (Phi) is 6.19. The zero-order chi connectivity index (χ0) is 12.7. The molecule has 2 atom stereocenters. The van der Waals surface area contributed by atoms with Gasteiger partial charge in [-0.3, -0.25) is 0 Å². The third kappa shape index (κ3) is 4.46. The van der Waals surface area contributed by atoms with E-state index >= 15 is 0 Å². The molecule has 0 radical (unpaired) electrons. The summed E-state index contributed by atoms with van der Waals surface area (Å²) in [5.74, 6) is 0. The van der Waals surface area contributed by atoms with E-state index in [4.69, 9.17) is 10.2 Å². The Labute approximate surface area is 103 Å². The lowest BCUT2D eigenvalue weighted by molar-refractivity contribution is 0.257. The Morgan fingerprint density at radius 1 is 1.29 bits per heavy atom. The van der Waals surface area contributed by atoms with Crippen LogP contribution in [0.25, 0.3) is 0 Å². The minimum Gasteiger partial charge on any atom is -0.396 e. The number of nitrogens with one attached hydrogen (secondary N) is 1. The van der Waals surface area contributed by atoms with Crippen LogP contribution in [-0.4, -0.2) is 22.9 Å². The van der Waals surface area contributed by atoms with Crippen LogP contribution in [0, 0.1) is 0 Å². The summed E-state index contributed by atoms with van der Waals surface area (Å²) < 4.78 is 0. The van der Waals surface area contributed by atoms with E-state index in [1.807, 2.05) is 18.2 Å². The van der Waals surface area contributed by atoms with Gasteiger partial charge in [-0.25, -0.2) is 0 Å². The van der Waals surface area contributed by atoms with E-state index in [1.54, 1.807) is 0 Å². The number of aliphatic hydroxyl groups is 2. The molecule has 0 heterocycles. The maximum absolute atomic E-state index is 9.10. The van der Waals surface area contributed by atoms with Crippen LogP contribution < -0.4 is 5.32 Å². The van der Waals surface area contributed by atoms with E-state index in [-0.39, 0.29) is 19.3 Å². The summed E-state index contributed by atoms with van der Waals surface area (Å²) in [5, 5.41) is 21.6. The molecule has 1 aromatic rings. The van der Waals surface area contributed by atoms with Gasteiger partial charge in [-0.1, -0.05) is 31.2 Å². The lowest BCUT2D eigenvalue weighted by Gasteiger charge is -2.22. The summed E-state index contributed by atoms with van der Waals surface area (Å²) in [7, 11) is 0. The monoisotopic (exact) mass is 237 g/mol. The molecule has 0 aliphatic heterocycles. The molecule has 1 aromatic carbocycles. The highest BCUT2D eigenvalue weighted by molar-refractivity contribution is 5.25. The number of hydrogen-bond acceptors (Lipinski definition) is 3. The van der Waals surface area contributed by atoms with Gasteiger partial charge in [0.2, 0.25) is 0 Å². The highest BCUT2D eigenvalue weighted by atomic mass is 16.3. The minimum absolute atomic E-state index is 0.0778. The van der Waals surface area contributed by atoms with Crippen molar-refractivity contribution in [2.45, 2.75) is 45.4 Å². The van der Waals surface area contributed by atoms with Crippen molar-refractivity contribution in [1.82, 2.24) is 5.32 Å². The van der Waals surface area contributed by atoms with Gasteiger partial charge in [-0.05, 0) is 30.9 Å². The molecule has 0 amide bonds. The van der Waals surface area contributed by atoms with Gasteiger partial charge < -0.3 is 15.5 Å². The molecular weight excluding hydrogens is 214 g/mol. The van der Waals surface area contributed by atoms with E-state index < -0.39 is 0 Å². The Balaban J connectivity index is 2.64. The molecule has 3 N–H and O–H groups in total. The van der Waals surface area contributed by atoms with Gasteiger partial charge in [0.25, 0.3) is 0 Å². The van der Waals surface area contributed by atoms with Crippen LogP contribution in [0.3, 0.4) is 0 Å². The maximum atomic E-state index is 9.10. The highest BCUT2D eigenvalue weighted by Crippen LogP contribution is 2.16. The average molecular weight is 237 g/mol. The first-order valence-electron chi connectivity index (χ1n) is 6.27.